The van der Waals surface area contributed by atoms with Crippen molar-refractivity contribution in [2.45, 2.75) is 25.7 Å². The zero-order chi connectivity index (χ0) is 33.0. The summed E-state index contributed by atoms with van der Waals surface area (Å²) in [6.07, 6.45) is 2.13. The number of benzene rings is 4. The number of anilines is 2. The van der Waals surface area contributed by atoms with E-state index in [4.69, 9.17) is 0 Å². The Kier molecular flexibility index (Phi) is 9.31. The molecule has 2 aliphatic rings. The van der Waals surface area contributed by atoms with Crippen LogP contribution >= 0.6 is 0 Å². The number of nitrogens with zero attached hydrogens (tertiary/aromatic N) is 2. The summed E-state index contributed by atoms with van der Waals surface area (Å²) in [4.78, 5) is 57.9. The molecular formula is C39H40N4O4. The van der Waals surface area contributed by atoms with Gasteiger partial charge in [0, 0.05) is 47.6 Å². The third kappa shape index (κ3) is 6.74. The molecule has 4 aromatic carbocycles. The maximum Gasteiger partial charge on any atom is 0.258 e. The Hall–Kier alpha value is -5.08. The van der Waals surface area contributed by atoms with Crippen LogP contribution in [0.15, 0.2) is 103 Å². The maximum atomic E-state index is 14.0. The van der Waals surface area contributed by atoms with Gasteiger partial charge in [-0.2, -0.15) is 0 Å². The number of amides is 3. The van der Waals surface area contributed by atoms with Gasteiger partial charge in [0.1, 0.15) is 0 Å². The van der Waals surface area contributed by atoms with Gasteiger partial charge >= 0.3 is 0 Å². The van der Waals surface area contributed by atoms with Crippen LogP contribution in [0.4, 0.5) is 11.4 Å². The van der Waals surface area contributed by atoms with E-state index in [1.165, 1.54) is 0 Å². The summed E-state index contributed by atoms with van der Waals surface area (Å²) in [5.41, 5.74) is 4.45. The van der Waals surface area contributed by atoms with Gasteiger partial charge in [-0.25, -0.2) is 0 Å². The number of para-hydroxylation sites is 1. The Morgan fingerprint density at radius 1 is 0.851 bits per heavy atom. The summed E-state index contributed by atoms with van der Waals surface area (Å²) in [5, 5.41) is 5.91. The van der Waals surface area contributed by atoms with Gasteiger partial charge in [0.05, 0.1) is 5.92 Å². The molecule has 8 nitrogen and oxygen atoms in total. The molecule has 240 valence electrons. The molecule has 0 radical (unpaired) electrons. The maximum absolute atomic E-state index is 14.0. The first-order valence-corrected chi connectivity index (χ1v) is 16.2. The minimum Gasteiger partial charge on any atom is -0.354 e. The summed E-state index contributed by atoms with van der Waals surface area (Å²) >= 11 is 0. The summed E-state index contributed by atoms with van der Waals surface area (Å²) < 4.78 is 0. The minimum absolute atomic E-state index is 0.0158. The monoisotopic (exact) mass is 628 g/mol. The van der Waals surface area contributed by atoms with E-state index in [2.05, 4.69) is 10.6 Å². The van der Waals surface area contributed by atoms with Crippen LogP contribution in [0, 0.1) is 11.3 Å². The van der Waals surface area contributed by atoms with Gasteiger partial charge in [-0.15, -0.1) is 0 Å². The van der Waals surface area contributed by atoms with Crippen LogP contribution < -0.4 is 15.5 Å². The molecule has 1 heterocycles. The highest BCUT2D eigenvalue weighted by atomic mass is 16.2. The van der Waals surface area contributed by atoms with Gasteiger partial charge in [-0.3, -0.25) is 19.2 Å². The predicted octanol–water partition coefficient (Wildman–Crippen LogP) is 5.84. The zero-order valence-corrected chi connectivity index (χ0v) is 26.9. The van der Waals surface area contributed by atoms with E-state index in [1.54, 1.807) is 35.2 Å². The lowest BCUT2D eigenvalue weighted by atomic mass is 9.76. The molecule has 1 aliphatic heterocycles. The Labute approximate surface area is 275 Å². The van der Waals surface area contributed by atoms with E-state index in [9.17, 15) is 19.2 Å². The van der Waals surface area contributed by atoms with Gasteiger partial charge in [-0.1, -0.05) is 66.7 Å². The van der Waals surface area contributed by atoms with Crippen LogP contribution in [-0.4, -0.2) is 62.1 Å². The van der Waals surface area contributed by atoms with Crippen LogP contribution in [0.1, 0.15) is 45.5 Å². The van der Waals surface area contributed by atoms with E-state index >= 15 is 0 Å². The fourth-order valence-electron chi connectivity index (χ4n) is 6.88. The molecule has 3 amide bonds. The van der Waals surface area contributed by atoms with E-state index < -0.39 is 11.3 Å². The van der Waals surface area contributed by atoms with Crippen molar-refractivity contribution in [3.63, 3.8) is 0 Å². The molecule has 1 spiro atoms. The van der Waals surface area contributed by atoms with Crippen LogP contribution in [0.3, 0.4) is 0 Å². The van der Waals surface area contributed by atoms with E-state index in [1.807, 2.05) is 91.8 Å². The quantitative estimate of drug-likeness (QED) is 0.239. The highest BCUT2D eigenvalue weighted by Crippen LogP contribution is 2.47. The third-order valence-electron chi connectivity index (χ3n) is 9.44. The number of hydrogen-bond donors (Lipinski definition) is 2. The van der Waals surface area contributed by atoms with Crippen LogP contribution in [0.25, 0.3) is 11.1 Å². The molecule has 1 aliphatic carbocycles. The lowest BCUT2D eigenvalue weighted by Crippen LogP contribution is -2.41. The molecule has 2 atom stereocenters. The van der Waals surface area contributed by atoms with E-state index in [-0.39, 0.29) is 23.5 Å². The molecular weight excluding hydrogens is 588 g/mol. The van der Waals surface area contributed by atoms with Crippen molar-refractivity contribution in [1.29, 1.82) is 0 Å². The normalized spacial score (nSPS) is 18.9. The average molecular weight is 629 g/mol. The standard InChI is InChI=1S/C39H40N4O4/c1-42(2)25-23-40-36(45)33-20-21-39(35(33)44)22-24-43(34-15-9-6-12-29(34)26-39)38(47)28-16-18-30(19-17-28)41-37(46)32-14-8-7-13-31(32)27-10-4-3-5-11-27/h3-19,33H,20-26H2,1-2H3,(H,40,45)(H,41,46)/t33?,39-/m0/s1. The Balaban J connectivity index is 1.17. The summed E-state index contributed by atoms with van der Waals surface area (Å²) in [7, 11) is 3.88. The van der Waals surface area contributed by atoms with Crippen molar-refractivity contribution < 1.29 is 19.2 Å². The zero-order valence-electron chi connectivity index (χ0n) is 26.9. The van der Waals surface area contributed by atoms with Crippen LogP contribution in [0.2, 0.25) is 0 Å². The second-order valence-electron chi connectivity index (χ2n) is 12.8. The number of carbonyl (C=O) groups excluding carboxylic acids is 4. The van der Waals surface area contributed by atoms with E-state index in [0.29, 0.717) is 62.1 Å². The number of hydrogen-bond acceptors (Lipinski definition) is 5. The number of rotatable bonds is 8. The predicted molar refractivity (Wildman–Crippen MR) is 184 cm³/mol. The third-order valence-corrected chi connectivity index (χ3v) is 9.44. The van der Waals surface area contributed by atoms with Gasteiger partial charge in [0.25, 0.3) is 11.8 Å². The second kappa shape index (κ2) is 13.7. The highest BCUT2D eigenvalue weighted by molar-refractivity contribution is 6.10. The van der Waals surface area contributed by atoms with Gasteiger partial charge in [0.15, 0.2) is 5.78 Å². The molecule has 4 aromatic rings. The van der Waals surface area contributed by atoms with Crippen molar-refractivity contribution in [3.05, 3.63) is 120 Å². The SMILES string of the molecule is CN(C)CCNC(=O)C1CC[C@@]2(CCN(C(=O)c3ccc(NC(=O)c4ccccc4-c4ccccc4)cc3)c3ccccc3C2)C1=O. The molecule has 0 aromatic heterocycles. The van der Waals surface area contributed by atoms with Gasteiger partial charge in [-0.05, 0) is 92.9 Å². The fourth-order valence-corrected chi connectivity index (χ4v) is 6.88. The smallest absolute Gasteiger partial charge is 0.258 e. The average Bonchev–Trinajstić information content (AvgIpc) is 3.30. The highest BCUT2D eigenvalue weighted by Gasteiger charge is 2.51. The van der Waals surface area contributed by atoms with Crippen molar-refractivity contribution in [1.82, 2.24) is 10.2 Å². The molecule has 8 heteroatoms. The Bertz CT molecular complexity index is 1790. The van der Waals surface area contributed by atoms with Gasteiger partial charge < -0.3 is 20.4 Å². The number of ketones is 1. The summed E-state index contributed by atoms with van der Waals surface area (Å²) in [6, 6.07) is 31.9. The molecule has 0 bridgehead atoms. The number of carbonyl (C=O) groups is 4. The number of nitrogens with one attached hydrogen (secondary N) is 2. The van der Waals surface area contributed by atoms with Crippen molar-refractivity contribution in [2.75, 3.05) is 43.9 Å². The second-order valence-corrected chi connectivity index (χ2v) is 12.8. The first-order valence-electron chi connectivity index (χ1n) is 16.2. The lowest BCUT2D eigenvalue weighted by molar-refractivity contribution is -0.136. The molecule has 1 fully saturated rings. The lowest BCUT2D eigenvalue weighted by Gasteiger charge is -2.27. The molecule has 2 N–H and O–H groups in total. The van der Waals surface area contributed by atoms with Crippen LogP contribution in [-0.2, 0) is 16.0 Å². The number of Topliss-reactive ketones (excluding diaryl/α,β-unsaturated/α-hetero) is 1. The Morgan fingerprint density at radius 2 is 1.55 bits per heavy atom. The summed E-state index contributed by atoms with van der Waals surface area (Å²) in [5.74, 6) is -1.28. The molecule has 47 heavy (non-hydrogen) atoms. The topological polar surface area (TPSA) is 98.8 Å². The first kappa shape index (κ1) is 31.9. The van der Waals surface area contributed by atoms with Crippen molar-refractivity contribution in [2.24, 2.45) is 11.3 Å². The first-order chi connectivity index (χ1) is 22.8. The minimum atomic E-state index is -0.682. The van der Waals surface area contributed by atoms with Gasteiger partial charge in [0.2, 0.25) is 5.91 Å². The summed E-state index contributed by atoms with van der Waals surface area (Å²) in [6.45, 7) is 1.57. The van der Waals surface area contributed by atoms with Crippen molar-refractivity contribution in [3.8, 4) is 11.1 Å². The van der Waals surface area contributed by atoms with E-state index in [0.717, 1.165) is 22.4 Å². The molecule has 1 unspecified atom stereocenters. The number of fused-ring (bicyclic) bond motifs is 1. The molecule has 1 saturated carbocycles. The largest absolute Gasteiger partial charge is 0.354 e. The molecule has 0 saturated heterocycles. The van der Waals surface area contributed by atoms with Crippen LogP contribution in [0.5, 0.6) is 0 Å². The fraction of sp³-hybridized carbons (Fsp3) is 0.282. The van der Waals surface area contributed by atoms with Crippen molar-refractivity contribution >= 4 is 34.9 Å². The molecule has 6 rings (SSSR count). The number of likely N-dealkylation sites (N-methyl/N-ethyl adjacent to an activating group) is 1. The Morgan fingerprint density at radius 3 is 2.32 bits per heavy atom.